The monoisotopic (exact) mass is 191 g/mol. The largest absolute Gasteiger partial charge is 0.291 e. The minimum atomic E-state index is -0.211. The lowest BCUT2D eigenvalue weighted by Crippen LogP contribution is -2.11. The summed E-state index contributed by atoms with van der Waals surface area (Å²) in [6.07, 6.45) is 3.10. The molecule has 14 heavy (non-hydrogen) atoms. The Labute approximate surface area is 83.1 Å². The SMILES string of the molecule is CC=CC(=O)Nc1nc(C)cc(C)n1. The molecule has 0 unspecified atom stereocenters. The van der Waals surface area contributed by atoms with Gasteiger partial charge in [0.15, 0.2) is 0 Å². The third kappa shape index (κ3) is 2.97. The number of rotatable bonds is 2. The van der Waals surface area contributed by atoms with Crippen LogP contribution in [0.1, 0.15) is 18.3 Å². The number of hydrogen-bond donors (Lipinski definition) is 1. The second-order valence-electron chi connectivity index (χ2n) is 2.96. The number of nitrogens with one attached hydrogen (secondary N) is 1. The molecule has 0 atom stereocenters. The molecule has 0 fully saturated rings. The zero-order chi connectivity index (χ0) is 10.6. The van der Waals surface area contributed by atoms with Crippen molar-refractivity contribution >= 4 is 11.9 Å². The molecule has 4 heteroatoms. The molecule has 0 radical (unpaired) electrons. The fraction of sp³-hybridized carbons (Fsp3) is 0.300. The van der Waals surface area contributed by atoms with Gasteiger partial charge in [-0.2, -0.15) is 0 Å². The van der Waals surface area contributed by atoms with Crippen LogP contribution in [0.5, 0.6) is 0 Å². The van der Waals surface area contributed by atoms with Crippen molar-refractivity contribution in [1.82, 2.24) is 9.97 Å². The first-order chi connectivity index (χ1) is 6.61. The lowest BCUT2D eigenvalue weighted by atomic mass is 10.3. The van der Waals surface area contributed by atoms with Gasteiger partial charge in [-0.1, -0.05) is 6.08 Å². The molecule has 0 aliphatic rings. The molecular weight excluding hydrogens is 178 g/mol. The first-order valence-electron chi connectivity index (χ1n) is 4.38. The average Bonchev–Trinajstić information content (AvgIpc) is 2.01. The number of nitrogens with zero attached hydrogens (tertiary/aromatic N) is 2. The number of allylic oxidation sites excluding steroid dienone is 1. The summed E-state index contributed by atoms with van der Waals surface area (Å²) in [6, 6.07) is 1.85. The van der Waals surface area contributed by atoms with Crippen molar-refractivity contribution in [3.8, 4) is 0 Å². The first-order valence-corrected chi connectivity index (χ1v) is 4.38. The maximum Gasteiger partial charge on any atom is 0.250 e. The van der Waals surface area contributed by atoms with Crippen LogP contribution < -0.4 is 5.32 Å². The van der Waals surface area contributed by atoms with Gasteiger partial charge in [0.1, 0.15) is 0 Å². The zero-order valence-electron chi connectivity index (χ0n) is 8.53. The molecule has 0 spiro atoms. The predicted octanol–water partition coefficient (Wildman–Crippen LogP) is 1.61. The molecule has 4 nitrogen and oxygen atoms in total. The molecule has 0 saturated carbocycles. The molecule has 74 valence electrons. The predicted molar refractivity (Wildman–Crippen MR) is 54.9 cm³/mol. The van der Waals surface area contributed by atoms with Crippen LogP contribution in [-0.2, 0) is 4.79 Å². The maximum absolute atomic E-state index is 11.2. The van der Waals surface area contributed by atoms with Crippen molar-refractivity contribution in [3.05, 3.63) is 29.6 Å². The fourth-order valence-electron chi connectivity index (χ4n) is 1.09. The van der Waals surface area contributed by atoms with Crippen molar-refractivity contribution in [2.24, 2.45) is 0 Å². The second-order valence-corrected chi connectivity index (χ2v) is 2.96. The molecule has 1 aromatic rings. The Morgan fingerprint density at radius 2 is 1.93 bits per heavy atom. The molecule has 0 bridgehead atoms. The van der Waals surface area contributed by atoms with E-state index in [1.54, 1.807) is 13.0 Å². The number of anilines is 1. The van der Waals surface area contributed by atoms with E-state index in [0.717, 1.165) is 11.4 Å². The molecule has 1 N–H and O–H groups in total. The van der Waals surface area contributed by atoms with Crippen LogP contribution in [0.3, 0.4) is 0 Å². The molecule has 1 amide bonds. The van der Waals surface area contributed by atoms with E-state index in [9.17, 15) is 4.79 Å². The second kappa shape index (κ2) is 4.50. The Kier molecular flexibility index (Phi) is 3.34. The van der Waals surface area contributed by atoms with Crippen molar-refractivity contribution in [2.75, 3.05) is 5.32 Å². The normalized spacial score (nSPS) is 10.5. The van der Waals surface area contributed by atoms with Gasteiger partial charge in [0.2, 0.25) is 11.9 Å². The van der Waals surface area contributed by atoms with E-state index >= 15 is 0 Å². The van der Waals surface area contributed by atoms with E-state index in [-0.39, 0.29) is 5.91 Å². The number of aromatic nitrogens is 2. The number of carbonyl (C=O) groups excluding carboxylic acids is 1. The topological polar surface area (TPSA) is 54.9 Å². The average molecular weight is 191 g/mol. The summed E-state index contributed by atoms with van der Waals surface area (Å²) in [4.78, 5) is 19.3. The third-order valence-electron chi connectivity index (χ3n) is 1.54. The summed E-state index contributed by atoms with van der Waals surface area (Å²) in [7, 11) is 0. The van der Waals surface area contributed by atoms with Crippen molar-refractivity contribution in [2.45, 2.75) is 20.8 Å². The summed E-state index contributed by atoms with van der Waals surface area (Å²) in [5.74, 6) is 0.142. The minimum absolute atomic E-state index is 0.211. The Morgan fingerprint density at radius 3 is 2.43 bits per heavy atom. The van der Waals surface area contributed by atoms with Gasteiger partial charge in [-0.25, -0.2) is 9.97 Å². The fourth-order valence-corrected chi connectivity index (χ4v) is 1.09. The van der Waals surface area contributed by atoms with E-state index in [4.69, 9.17) is 0 Å². The summed E-state index contributed by atoms with van der Waals surface area (Å²) in [5.41, 5.74) is 1.68. The number of hydrogen-bond acceptors (Lipinski definition) is 3. The van der Waals surface area contributed by atoms with Crippen molar-refractivity contribution < 1.29 is 4.79 Å². The van der Waals surface area contributed by atoms with Crippen LogP contribution in [0, 0.1) is 13.8 Å². The van der Waals surface area contributed by atoms with Gasteiger partial charge >= 0.3 is 0 Å². The van der Waals surface area contributed by atoms with Crippen LogP contribution in [-0.4, -0.2) is 15.9 Å². The van der Waals surface area contributed by atoms with Gasteiger partial charge in [-0.05, 0) is 32.9 Å². The van der Waals surface area contributed by atoms with Gasteiger partial charge in [0, 0.05) is 11.4 Å². The Morgan fingerprint density at radius 1 is 1.36 bits per heavy atom. The quantitative estimate of drug-likeness (QED) is 0.722. The highest BCUT2D eigenvalue weighted by molar-refractivity contribution is 5.97. The molecule has 0 aliphatic carbocycles. The molecule has 1 rings (SSSR count). The summed E-state index contributed by atoms with van der Waals surface area (Å²) >= 11 is 0. The number of amides is 1. The molecular formula is C10H13N3O. The molecule has 0 saturated heterocycles. The first kappa shape index (κ1) is 10.4. The lowest BCUT2D eigenvalue weighted by Gasteiger charge is -2.02. The molecule has 0 aliphatic heterocycles. The van der Waals surface area contributed by atoms with Crippen molar-refractivity contribution in [3.63, 3.8) is 0 Å². The third-order valence-corrected chi connectivity index (χ3v) is 1.54. The Bertz CT molecular complexity index is 351. The van der Waals surface area contributed by atoms with E-state index in [1.165, 1.54) is 6.08 Å². The van der Waals surface area contributed by atoms with E-state index in [0.29, 0.717) is 5.95 Å². The summed E-state index contributed by atoms with van der Waals surface area (Å²) in [6.45, 7) is 5.50. The highest BCUT2D eigenvalue weighted by Crippen LogP contribution is 2.03. The standard InChI is InChI=1S/C10H13N3O/c1-4-5-9(14)13-10-11-7(2)6-8(3)12-10/h4-6H,1-3H3,(H,11,12,13,14). The zero-order valence-corrected chi connectivity index (χ0v) is 8.53. The van der Waals surface area contributed by atoms with Crippen LogP contribution in [0.25, 0.3) is 0 Å². The van der Waals surface area contributed by atoms with Crippen molar-refractivity contribution in [1.29, 1.82) is 0 Å². The Hall–Kier alpha value is -1.71. The van der Waals surface area contributed by atoms with Crippen LogP contribution in [0.2, 0.25) is 0 Å². The van der Waals surface area contributed by atoms with Gasteiger partial charge in [0.25, 0.3) is 0 Å². The number of carbonyl (C=O) groups is 1. The molecule has 1 aromatic heterocycles. The summed E-state index contributed by atoms with van der Waals surface area (Å²) in [5, 5.41) is 2.58. The number of aryl methyl sites for hydroxylation is 2. The van der Waals surface area contributed by atoms with Gasteiger partial charge in [-0.3, -0.25) is 10.1 Å². The van der Waals surface area contributed by atoms with E-state index in [1.807, 2.05) is 19.9 Å². The maximum atomic E-state index is 11.2. The molecule has 1 heterocycles. The minimum Gasteiger partial charge on any atom is -0.291 e. The smallest absolute Gasteiger partial charge is 0.250 e. The van der Waals surface area contributed by atoms with Crippen LogP contribution in [0.4, 0.5) is 5.95 Å². The van der Waals surface area contributed by atoms with E-state index in [2.05, 4.69) is 15.3 Å². The highest BCUT2D eigenvalue weighted by atomic mass is 16.1. The van der Waals surface area contributed by atoms with Crippen LogP contribution in [0.15, 0.2) is 18.2 Å². The Balaban J connectivity index is 2.81. The molecule has 0 aromatic carbocycles. The summed E-state index contributed by atoms with van der Waals surface area (Å²) < 4.78 is 0. The van der Waals surface area contributed by atoms with Gasteiger partial charge in [-0.15, -0.1) is 0 Å². The van der Waals surface area contributed by atoms with E-state index < -0.39 is 0 Å². The lowest BCUT2D eigenvalue weighted by molar-refractivity contribution is -0.111. The highest BCUT2D eigenvalue weighted by Gasteiger charge is 2.01. The van der Waals surface area contributed by atoms with Gasteiger partial charge in [0.05, 0.1) is 0 Å². The van der Waals surface area contributed by atoms with Gasteiger partial charge < -0.3 is 0 Å². The van der Waals surface area contributed by atoms with Crippen LogP contribution >= 0.6 is 0 Å².